The molecule has 3 nitrogen and oxygen atoms in total. The first-order valence-corrected chi connectivity index (χ1v) is 7.86. The van der Waals surface area contributed by atoms with Gasteiger partial charge in [-0.2, -0.15) is 13.2 Å². The molecule has 1 atom stereocenters. The monoisotopic (exact) mass is 344 g/mol. The lowest BCUT2D eigenvalue weighted by molar-refractivity contribution is -0.180. The minimum atomic E-state index is -4.45. The summed E-state index contributed by atoms with van der Waals surface area (Å²) in [5, 5.41) is 0. The quantitative estimate of drug-likeness (QED) is 0.519. The highest BCUT2D eigenvalue weighted by atomic mass is 19.4. The number of ether oxygens (including phenoxy) is 1. The molecule has 0 heterocycles. The summed E-state index contributed by atoms with van der Waals surface area (Å²) in [6, 6.07) is 8.21. The van der Waals surface area contributed by atoms with Gasteiger partial charge in [-0.05, 0) is 33.6 Å². The first-order chi connectivity index (χ1) is 11.0. The molecule has 0 aliphatic rings. The predicted octanol–water partition coefficient (Wildman–Crippen LogP) is 4.95. The van der Waals surface area contributed by atoms with E-state index in [0.717, 1.165) is 0 Å². The summed E-state index contributed by atoms with van der Waals surface area (Å²) in [5.74, 6) is -2.69. The van der Waals surface area contributed by atoms with E-state index >= 15 is 0 Å². The van der Waals surface area contributed by atoms with E-state index in [1.807, 2.05) is 0 Å². The van der Waals surface area contributed by atoms with Crippen LogP contribution in [0.1, 0.15) is 56.8 Å². The topological polar surface area (TPSA) is 43.4 Å². The van der Waals surface area contributed by atoms with Crippen molar-refractivity contribution >= 4 is 11.8 Å². The van der Waals surface area contributed by atoms with E-state index in [-0.39, 0.29) is 31.5 Å². The zero-order valence-corrected chi connectivity index (χ0v) is 14.2. The highest BCUT2D eigenvalue weighted by molar-refractivity contribution is 5.95. The van der Waals surface area contributed by atoms with Crippen molar-refractivity contribution in [2.24, 2.45) is 5.92 Å². The molecule has 0 amide bonds. The molecule has 1 aromatic carbocycles. The summed E-state index contributed by atoms with van der Waals surface area (Å²) in [4.78, 5) is 23.5. The number of alkyl halides is 3. The summed E-state index contributed by atoms with van der Waals surface area (Å²) in [5.41, 5.74) is -0.334. The van der Waals surface area contributed by atoms with E-state index in [2.05, 4.69) is 0 Å². The molecule has 0 saturated heterocycles. The first kappa shape index (κ1) is 20.2. The van der Waals surface area contributed by atoms with Crippen molar-refractivity contribution in [1.29, 1.82) is 0 Å². The maximum Gasteiger partial charge on any atom is 0.391 e. The fourth-order valence-electron chi connectivity index (χ4n) is 2.23. The van der Waals surface area contributed by atoms with E-state index in [0.29, 0.717) is 5.56 Å². The van der Waals surface area contributed by atoms with Gasteiger partial charge in [-0.3, -0.25) is 9.59 Å². The molecule has 1 aromatic rings. The van der Waals surface area contributed by atoms with Crippen LogP contribution in [-0.4, -0.2) is 23.5 Å². The summed E-state index contributed by atoms with van der Waals surface area (Å²) < 4.78 is 44.3. The minimum Gasteiger partial charge on any atom is -0.460 e. The lowest BCUT2D eigenvalue weighted by Crippen LogP contribution is -2.27. The number of halogens is 3. The number of benzene rings is 1. The number of rotatable bonds is 7. The van der Waals surface area contributed by atoms with Crippen LogP contribution in [0, 0.1) is 5.92 Å². The summed E-state index contributed by atoms with van der Waals surface area (Å²) in [7, 11) is 0. The second-order valence-corrected chi connectivity index (χ2v) is 6.69. The molecule has 1 rings (SSSR count). The Morgan fingerprint density at radius 2 is 1.54 bits per heavy atom. The molecule has 0 aromatic heterocycles. The van der Waals surface area contributed by atoms with Gasteiger partial charge < -0.3 is 4.74 Å². The van der Waals surface area contributed by atoms with E-state index in [9.17, 15) is 22.8 Å². The number of carbonyl (C=O) groups is 2. The molecular weight excluding hydrogens is 321 g/mol. The van der Waals surface area contributed by atoms with Crippen LogP contribution >= 0.6 is 0 Å². The molecule has 0 saturated carbocycles. The van der Waals surface area contributed by atoms with Crippen molar-refractivity contribution in [2.45, 2.75) is 58.2 Å². The van der Waals surface area contributed by atoms with Gasteiger partial charge in [0.25, 0.3) is 0 Å². The van der Waals surface area contributed by atoms with Gasteiger partial charge in [0.2, 0.25) is 0 Å². The van der Waals surface area contributed by atoms with Gasteiger partial charge in [0.1, 0.15) is 5.60 Å². The highest BCUT2D eigenvalue weighted by Crippen LogP contribution is 2.34. The average Bonchev–Trinajstić information content (AvgIpc) is 2.44. The van der Waals surface area contributed by atoms with Crippen LogP contribution in [0.25, 0.3) is 0 Å². The van der Waals surface area contributed by atoms with Crippen LogP contribution in [0.5, 0.6) is 0 Å². The lowest BCUT2D eigenvalue weighted by atomic mass is 9.94. The summed E-state index contributed by atoms with van der Waals surface area (Å²) >= 11 is 0. The van der Waals surface area contributed by atoms with E-state index < -0.39 is 23.7 Å². The molecule has 0 radical (unpaired) electrons. The molecule has 0 bridgehead atoms. The largest absolute Gasteiger partial charge is 0.460 e. The van der Waals surface area contributed by atoms with Gasteiger partial charge in [-0.15, -0.1) is 0 Å². The Morgan fingerprint density at radius 1 is 1.00 bits per heavy atom. The normalized spacial score (nSPS) is 13.4. The minimum absolute atomic E-state index is 0.206. The number of carbonyl (C=O) groups excluding carboxylic acids is 2. The Labute approximate surface area is 140 Å². The number of esters is 1. The SMILES string of the molecule is CC(C)(C)OC(=O)CCC(CCC(=O)c1ccccc1)C(F)(F)F. The third-order valence-electron chi connectivity index (χ3n) is 3.40. The van der Waals surface area contributed by atoms with Gasteiger partial charge in [-0.1, -0.05) is 30.3 Å². The van der Waals surface area contributed by atoms with E-state index in [4.69, 9.17) is 4.74 Å². The molecule has 0 aliphatic heterocycles. The van der Waals surface area contributed by atoms with Crippen molar-refractivity contribution < 1.29 is 27.5 Å². The zero-order valence-electron chi connectivity index (χ0n) is 14.2. The predicted molar refractivity (Wildman–Crippen MR) is 84.6 cm³/mol. The van der Waals surface area contributed by atoms with Crippen LogP contribution < -0.4 is 0 Å². The Hall–Kier alpha value is -1.85. The standard InChI is InChI=1S/C18H23F3O3/c1-17(2,3)24-16(23)12-10-14(18(19,20)21)9-11-15(22)13-7-5-4-6-8-13/h4-8,14H,9-12H2,1-3H3. The summed E-state index contributed by atoms with van der Waals surface area (Å²) in [6.07, 6.45) is -5.68. The van der Waals surface area contributed by atoms with Gasteiger partial charge in [0, 0.05) is 18.4 Å². The van der Waals surface area contributed by atoms with Crippen molar-refractivity contribution in [3.05, 3.63) is 35.9 Å². The van der Waals surface area contributed by atoms with Crippen LogP contribution in [0.2, 0.25) is 0 Å². The molecular formula is C18H23F3O3. The number of Topliss-reactive ketones (excluding diaryl/α,β-unsaturated/α-hetero) is 1. The van der Waals surface area contributed by atoms with Crippen molar-refractivity contribution in [2.75, 3.05) is 0 Å². The molecule has 0 fully saturated rings. The van der Waals surface area contributed by atoms with Crippen LogP contribution in [-0.2, 0) is 9.53 Å². The average molecular weight is 344 g/mol. The Kier molecular flexibility index (Phi) is 6.99. The molecule has 134 valence electrons. The molecule has 1 unspecified atom stereocenters. The van der Waals surface area contributed by atoms with Crippen molar-refractivity contribution in [3.8, 4) is 0 Å². The Bertz CT molecular complexity index is 545. The van der Waals surface area contributed by atoms with Gasteiger partial charge in [0.15, 0.2) is 5.78 Å². The second kappa shape index (κ2) is 8.31. The Balaban J connectivity index is 2.57. The third kappa shape index (κ3) is 7.62. The lowest BCUT2D eigenvalue weighted by Gasteiger charge is -2.22. The van der Waals surface area contributed by atoms with E-state index in [1.165, 1.54) is 0 Å². The van der Waals surface area contributed by atoms with E-state index in [1.54, 1.807) is 51.1 Å². The molecule has 0 spiro atoms. The maximum absolute atomic E-state index is 13.1. The smallest absolute Gasteiger partial charge is 0.391 e. The number of ketones is 1. The van der Waals surface area contributed by atoms with Crippen molar-refractivity contribution in [1.82, 2.24) is 0 Å². The van der Waals surface area contributed by atoms with Crippen LogP contribution in [0.4, 0.5) is 13.2 Å². The molecule has 24 heavy (non-hydrogen) atoms. The van der Waals surface area contributed by atoms with Gasteiger partial charge in [-0.25, -0.2) is 0 Å². The highest BCUT2D eigenvalue weighted by Gasteiger charge is 2.39. The fraction of sp³-hybridized carbons (Fsp3) is 0.556. The van der Waals surface area contributed by atoms with Gasteiger partial charge >= 0.3 is 12.1 Å². The van der Waals surface area contributed by atoms with Gasteiger partial charge in [0.05, 0.1) is 5.92 Å². The molecule has 0 N–H and O–H groups in total. The third-order valence-corrected chi connectivity index (χ3v) is 3.40. The fourth-order valence-corrected chi connectivity index (χ4v) is 2.23. The zero-order chi connectivity index (χ0) is 18.4. The molecule has 0 aliphatic carbocycles. The maximum atomic E-state index is 13.1. The van der Waals surface area contributed by atoms with Crippen molar-refractivity contribution in [3.63, 3.8) is 0 Å². The summed E-state index contributed by atoms with van der Waals surface area (Å²) in [6.45, 7) is 4.97. The van der Waals surface area contributed by atoms with Crippen LogP contribution in [0.3, 0.4) is 0 Å². The number of hydrogen-bond acceptors (Lipinski definition) is 3. The number of hydrogen-bond donors (Lipinski definition) is 0. The second-order valence-electron chi connectivity index (χ2n) is 6.69. The van der Waals surface area contributed by atoms with Crippen LogP contribution in [0.15, 0.2) is 30.3 Å². The molecule has 6 heteroatoms. The Morgan fingerprint density at radius 3 is 2.04 bits per heavy atom. The first-order valence-electron chi connectivity index (χ1n) is 7.86.